The second-order valence-electron chi connectivity index (χ2n) is 3.90. The molecule has 0 aliphatic rings. The first kappa shape index (κ1) is 12.2. The fourth-order valence-corrected chi connectivity index (χ4v) is 2.96. The highest BCUT2D eigenvalue weighted by molar-refractivity contribution is 9.10. The normalized spacial score (nSPS) is 11.1. The van der Waals surface area contributed by atoms with Gasteiger partial charge in [0.1, 0.15) is 5.69 Å². The number of nitro benzene ring substituents is 1. The van der Waals surface area contributed by atoms with Gasteiger partial charge in [0.05, 0.1) is 30.8 Å². The summed E-state index contributed by atoms with van der Waals surface area (Å²) < 4.78 is 3.03. The van der Waals surface area contributed by atoms with E-state index in [1.54, 1.807) is 24.5 Å². The van der Waals surface area contributed by atoms with Crippen molar-refractivity contribution in [1.82, 2.24) is 14.8 Å². The zero-order valence-electron chi connectivity index (χ0n) is 9.70. The molecule has 0 spiro atoms. The van der Waals surface area contributed by atoms with E-state index < -0.39 is 4.92 Å². The van der Waals surface area contributed by atoms with E-state index in [0.717, 1.165) is 19.7 Å². The molecule has 6 nitrogen and oxygen atoms in total. The van der Waals surface area contributed by atoms with Gasteiger partial charge in [-0.1, -0.05) is 0 Å². The molecule has 0 amide bonds. The molecule has 0 saturated heterocycles. The van der Waals surface area contributed by atoms with Crippen molar-refractivity contribution < 1.29 is 4.92 Å². The van der Waals surface area contributed by atoms with Crippen molar-refractivity contribution in [3.8, 4) is 5.69 Å². The summed E-state index contributed by atoms with van der Waals surface area (Å²) in [4.78, 5) is 15.1. The third kappa shape index (κ3) is 2.13. The van der Waals surface area contributed by atoms with E-state index in [4.69, 9.17) is 0 Å². The fourth-order valence-electron chi connectivity index (χ4n) is 1.83. The summed E-state index contributed by atoms with van der Waals surface area (Å²) >= 11 is 4.72. The lowest BCUT2D eigenvalue weighted by molar-refractivity contribution is -0.384. The number of hydrogen-bond acceptors (Lipinski definition) is 5. The van der Waals surface area contributed by atoms with E-state index in [1.807, 2.05) is 6.92 Å². The molecule has 96 valence electrons. The Hall–Kier alpha value is -1.80. The highest BCUT2D eigenvalue weighted by Gasteiger charge is 2.19. The summed E-state index contributed by atoms with van der Waals surface area (Å²) in [6.07, 6.45) is 3.26. The standard InChI is InChI=1S/C11H7BrN4O2S/c1-6-14-8-2-9(15-5-7(12)4-13-15)10(16(17)18)3-11(8)19-6/h2-5H,1H3. The SMILES string of the molecule is Cc1nc2cc(-n3cc(Br)cn3)c([N+](=O)[O-])cc2s1. The fraction of sp³-hybridized carbons (Fsp3) is 0.0909. The van der Waals surface area contributed by atoms with Crippen molar-refractivity contribution in [1.29, 1.82) is 0 Å². The third-order valence-electron chi connectivity index (χ3n) is 2.59. The molecule has 0 fully saturated rings. The lowest BCUT2D eigenvalue weighted by Gasteiger charge is -2.02. The second kappa shape index (κ2) is 4.39. The molecular weight excluding hydrogens is 332 g/mol. The van der Waals surface area contributed by atoms with E-state index in [0.29, 0.717) is 5.69 Å². The largest absolute Gasteiger partial charge is 0.296 e. The smallest absolute Gasteiger partial charge is 0.258 e. The molecule has 0 aliphatic heterocycles. The monoisotopic (exact) mass is 338 g/mol. The number of benzene rings is 1. The lowest BCUT2D eigenvalue weighted by Crippen LogP contribution is -2.00. The van der Waals surface area contributed by atoms with Crippen molar-refractivity contribution >= 4 is 43.2 Å². The van der Waals surface area contributed by atoms with E-state index in [1.165, 1.54) is 16.0 Å². The van der Waals surface area contributed by atoms with E-state index in [2.05, 4.69) is 26.0 Å². The number of thiazole rings is 1. The maximum absolute atomic E-state index is 11.2. The molecule has 2 heterocycles. The van der Waals surface area contributed by atoms with Crippen LogP contribution in [0, 0.1) is 17.0 Å². The maximum atomic E-state index is 11.2. The molecule has 2 aromatic heterocycles. The summed E-state index contributed by atoms with van der Waals surface area (Å²) in [6, 6.07) is 3.24. The van der Waals surface area contributed by atoms with Crippen LogP contribution in [0.3, 0.4) is 0 Å². The minimum absolute atomic E-state index is 0.0201. The molecule has 8 heteroatoms. The van der Waals surface area contributed by atoms with Gasteiger partial charge in [0.15, 0.2) is 0 Å². The Morgan fingerprint density at radius 1 is 1.47 bits per heavy atom. The van der Waals surface area contributed by atoms with Crippen molar-refractivity contribution in [2.24, 2.45) is 0 Å². The van der Waals surface area contributed by atoms with Crippen molar-refractivity contribution in [3.63, 3.8) is 0 Å². The lowest BCUT2D eigenvalue weighted by atomic mass is 10.2. The molecule has 3 aromatic rings. The highest BCUT2D eigenvalue weighted by Crippen LogP contribution is 2.31. The molecule has 3 rings (SSSR count). The van der Waals surface area contributed by atoms with Crippen LogP contribution in [-0.2, 0) is 0 Å². The average molecular weight is 339 g/mol. The zero-order valence-corrected chi connectivity index (χ0v) is 12.1. The van der Waals surface area contributed by atoms with Crippen LogP contribution in [0.15, 0.2) is 29.0 Å². The van der Waals surface area contributed by atoms with Crippen LogP contribution in [0.2, 0.25) is 0 Å². The quantitative estimate of drug-likeness (QED) is 0.529. The van der Waals surface area contributed by atoms with Crippen molar-refractivity contribution in [3.05, 3.63) is 44.1 Å². The Labute approximate surface area is 120 Å². The molecule has 19 heavy (non-hydrogen) atoms. The maximum Gasteiger partial charge on any atom is 0.296 e. The molecule has 0 N–H and O–H groups in total. The summed E-state index contributed by atoms with van der Waals surface area (Å²) in [6.45, 7) is 1.88. The van der Waals surface area contributed by atoms with Gasteiger partial charge in [-0.3, -0.25) is 10.1 Å². The Bertz CT molecular complexity index is 795. The van der Waals surface area contributed by atoms with Crippen LogP contribution < -0.4 is 0 Å². The van der Waals surface area contributed by atoms with Gasteiger partial charge >= 0.3 is 0 Å². The van der Waals surface area contributed by atoms with E-state index in [-0.39, 0.29) is 5.69 Å². The third-order valence-corrected chi connectivity index (χ3v) is 3.93. The molecule has 0 saturated carbocycles. The number of nitrogens with zero attached hydrogens (tertiary/aromatic N) is 4. The Kier molecular flexibility index (Phi) is 2.83. The summed E-state index contributed by atoms with van der Waals surface area (Å²) in [7, 11) is 0. The van der Waals surface area contributed by atoms with Gasteiger partial charge < -0.3 is 0 Å². The summed E-state index contributed by atoms with van der Waals surface area (Å²) in [5, 5.41) is 16.2. The number of hydrogen-bond donors (Lipinski definition) is 0. The molecular formula is C11H7BrN4O2S. The summed E-state index contributed by atoms with van der Waals surface area (Å²) in [5.74, 6) is 0. The first-order valence-electron chi connectivity index (χ1n) is 5.31. The van der Waals surface area contributed by atoms with Gasteiger partial charge in [0, 0.05) is 12.3 Å². The number of halogens is 1. The average Bonchev–Trinajstić information content (AvgIpc) is 2.91. The molecule has 0 radical (unpaired) electrons. The Morgan fingerprint density at radius 3 is 2.89 bits per heavy atom. The highest BCUT2D eigenvalue weighted by atomic mass is 79.9. The van der Waals surface area contributed by atoms with Gasteiger partial charge in [-0.2, -0.15) is 5.10 Å². The molecule has 0 atom stereocenters. The van der Waals surface area contributed by atoms with Gasteiger partial charge in [0.2, 0.25) is 0 Å². The van der Waals surface area contributed by atoms with Crippen LogP contribution in [0.5, 0.6) is 0 Å². The van der Waals surface area contributed by atoms with Gasteiger partial charge in [0.25, 0.3) is 5.69 Å². The molecule has 1 aromatic carbocycles. The van der Waals surface area contributed by atoms with Crippen LogP contribution in [0.25, 0.3) is 15.9 Å². The molecule has 0 aliphatic carbocycles. The van der Waals surface area contributed by atoms with Crippen LogP contribution in [0.4, 0.5) is 5.69 Å². The Balaban J connectivity index is 2.31. The van der Waals surface area contributed by atoms with E-state index >= 15 is 0 Å². The van der Waals surface area contributed by atoms with Crippen LogP contribution >= 0.6 is 27.3 Å². The first-order chi connectivity index (χ1) is 9.04. The number of rotatable bonds is 2. The number of aromatic nitrogens is 3. The van der Waals surface area contributed by atoms with Crippen LogP contribution in [-0.4, -0.2) is 19.7 Å². The number of aryl methyl sites for hydroxylation is 1. The minimum atomic E-state index is -0.403. The molecule has 0 bridgehead atoms. The number of fused-ring (bicyclic) bond motifs is 1. The van der Waals surface area contributed by atoms with Gasteiger partial charge in [-0.15, -0.1) is 11.3 Å². The Morgan fingerprint density at radius 2 is 2.26 bits per heavy atom. The second-order valence-corrected chi connectivity index (χ2v) is 6.05. The first-order valence-corrected chi connectivity index (χ1v) is 6.91. The predicted octanol–water partition coefficient (Wildman–Crippen LogP) is 3.46. The topological polar surface area (TPSA) is 73.8 Å². The predicted molar refractivity (Wildman–Crippen MR) is 75.8 cm³/mol. The zero-order chi connectivity index (χ0) is 13.6. The van der Waals surface area contributed by atoms with E-state index in [9.17, 15) is 10.1 Å². The van der Waals surface area contributed by atoms with Crippen molar-refractivity contribution in [2.75, 3.05) is 0 Å². The minimum Gasteiger partial charge on any atom is -0.258 e. The van der Waals surface area contributed by atoms with Crippen molar-refractivity contribution in [2.45, 2.75) is 6.92 Å². The number of nitro groups is 1. The molecule has 0 unspecified atom stereocenters. The van der Waals surface area contributed by atoms with Gasteiger partial charge in [-0.25, -0.2) is 9.67 Å². The summed E-state index contributed by atoms with van der Waals surface area (Å²) in [5.41, 5.74) is 1.18. The van der Waals surface area contributed by atoms with Gasteiger partial charge in [-0.05, 0) is 28.9 Å². The van der Waals surface area contributed by atoms with Crippen LogP contribution in [0.1, 0.15) is 5.01 Å².